The summed E-state index contributed by atoms with van der Waals surface area (Å²) in [5.41, 5.74) is -0.732. The lowest BCUT2D eigenvalue weighted by molar-refractivity contribution is -0.0536. The lowest BCUT2D eigenvalue weighted by Gasteiger charge is -2.27. The van der Waals surface area contributed by atoms with Crippen LogP contribution in [0.2, 0.25) is 0 Å². The standard InChI is InChI=1S/C12H25O/c1-5-7-9-11(10-8-6-2)12(3,4)13/h11H,5-10H2,1-4H3. The van der Waals surface area contributed by atoms with E-state index in [0.29, 0.717) is 5.92 Å². The molecule has 0 bridgehead atoms. The van der Waals surface area contributed by atoms with Gasteiger partial charge in [-0.05, 0) is 32.6 Å². The number of hydrogen-bond donors (Lipinski definition) is 0. The highest BCUT2D eigenvalue weighted by molar-refractivity contribution is 4.76. The molecule has 0 aliphatic heterocycles. The summed E-state index contributed by atoms with van der Waals surface area (Å²) < 4.78 is 0. The highest BCUT2D eigenvalue weighted by atomic mass is 16.3. The molecule has 0 aliphatic carbocycles. The second-order valence-electron chi connectivity index (χ2n) is 4.58. The first-order chi connectivity index (χ1) is 6.02. The van der Waals surface area contributed by atoms with E-state index in [0.717, 1.165) is 12.8 Å². The monoisotopic (exact) mass is 185 g/mol. The van der Waals surface area contributed by atoms with E-state index >= 15 is 0 Å². The summed E-state index contributed by atoms with van der Waals surface area (Å²) in [6.45, 7) is 8.05. The lowest BCUT2D eigenvalue weighted by atomic mass is 9.83. The highest BCUT2D eigenvalue weighted by Gasteiger charge is 2.27. The van der Waals surface area contributed by atoms with Gasteiger partial charge in [-0.25, -0.2) is 5.11 Å². The van der Waals surface area contributed by atoms with Crippen molar-refractivity contribution in [3.05, 3.63) is 0 Å². The first-order valence-corrected chi connectivity index (χ1v) is 5.72. The summed E-state index contributed by atoms with van der Waals surface area (Å²) in [6.07, 6.45) is 7.07. The molecule has 13 heavy (non-hydrogen) atoms. The molecule has 0 aliphatic rings. The van der Waals surface area contributed by atoms with Crippen molar-refractivity contribution < 1.29 is 5.11 Å². The van der Waals surface area contributed by atoms with E-state index in [1.807, 2.05) is 13.8 Å². The van der Waals surface area contributed by atoms with Crippen LogP contribution in [0.25, 0.3) is 0 Å². The predicted molar refractivity (Wildman–Crippen MR) is 57.3 cm³/mol. The molecule has 0 spiro atoms. The van der Waals surface area contributed by atoms with Gasteiger partial charge in [-0.1, -0.05) is 39.5 Å². The SMILES string of the molecule is CCCCC(CCCC)C(C)(C)[O]. The van der Waals surface area contributed by atoms with Crippen molar-refractivity contribution in [3.8, 4) is 0 Å². The van der Waals surface area contributed by atoms with Gasteiger partial charge in [0.05, 0.1) is 0 Å². The van der Waals surface area contributed by atoms with Crippen LogP contribution in [0.4, 0.5) is 0 Å². The van der Waals surface area contributed by atoms with Crippen LogP contribution in [-0.2, 0) is 5.11 Å². The molecule has 79 valence electrons. The smallest absolute Gasteiger partial charge is 0.101 e. The van der Waals surface area contributed by atoms with Crippen molar-refractivity contribution in [1.29, 1.82) is 0 Å². The molecule has 1 heteroatoms. The largest absolute Gasteiger partial charge is 0.230 e. The van der Waals surface area contributed by atoms with Crippen LogP contribution < -0.4 is 0 Å². The molecule has 0 rings (SSSR count). The minimum atomic E-state index is -0.732. The summed E-state index contributed by atoms with van der Waals surface area (Å²) in [4.78, 5) is 0. The fourth-order valence-electron chi connectivity index (χ4n) is 1.74. The van der Waals surface area contributed by atoms with Gasteiger partial charge in [-0.3, -0.25) is 0 Å². The van der Waals surface area contributed by atoms with Crippen molar-refractivity contribution >= 4 is 0 Å². The highest BCUT2D eigenvalue weighted by Crippen LogP contribution is 2.27. The summed E-state index contributed by atoms with van der Waals surface area (Å²) >= 11 is 0. The first-order valence-electron chi connectivity index (χ1n) is 5.72. The molecule has 0 heterocycles. The van der Waals surface area contributed by atoms with Gasteiger partial charge in [-0.2, -0.15) is 0 Å². The third-order valence-corrected chi connectivity index (χ3v) is 2.80. The molecule has 0 fully saturated rings. The van der Waals surface area contributed by atoms with Crippen LogP contribution in [0.15, 0.2) is 0 Å². The van der Waals surface area contributed by atoms with Gasteiger partial charge in [0.1, 0.15) is 5.60 Å². The third-order valence-electron chi connectivity index (χ3n) is 2.80. The molecular weight excluding hydrogens is 160 g/mol. The Bertz CT molecular complexity index is 105. The first kappa shape index (κ1) is 13.0. The van der Waals surface area contributed by atoms with Crippen LogP contribution in [0.5, 0.6) is 0 Å². The molecule has 0 amide bonds. The summed E-state index contributed by atoms with van der Waals surface area (Å²) in [6, 6.07) is 0. The van der Waals surface area contributed by atoms with Gasteiger partial charge in [0.2, 0.25) is 0 Å². The van der Waals surface area contributed by atoms with E-state index in [9.17, 15) is 5.11 Å². The van der Waals surface area contributed by atoms with Crippen LogP contribution in [0, 0.1) is 5.92 Å². The summed E-state index contributed by atoms with van der Waals surface area (Å²) in [5, 5.41) is 11.8. The molecule has 0 saturated heterocycles. The van der Waals surface area contributed by atoms with Crippen molar-refractivity contribution in [2.24, 2.45) is 5.92 Å². The minimum Gasteiger partial charge on any atom is -0.230 e. The van der Waals surface area contributed by atoms with E-state index in [4.69, 9.17) is 0 Å². The molecule has 0 aromatic rings. The van der Waals surface area contributed by atoms with Gasteiger partial charge in [0.15, 0.2) is 0 Å². The zero-order valence-electron chi connectivity index (χ0n) is 9.73. The van der Waals surface area contributed by atoms with Gasteiger partial charge < -0.3 is 0 Å². The Kier molecular flexibility index (Phi) is 6.40. The molecule has 1 radical (unpaired) electrons. The van der Waals surface area contributed by atoms with Crippen LogP contribution in [0.3, 0.4) is 0 Å². The van der Waals surface area contributed by atoms with E-state index in [-0.39, 0.29) is 0 Å². The fourth-order valence-corrected chi connectivity index (χ4v) is 1.74. The quantitative estimate of drug-likeness (QED) is 0.566. The molecule has 0 atom stereocenters. The van der Waals surface area contributed by atoms with Gasteiger partial charge >= 0.3 is 0 Å². The zero-order valence-corrected chi connectivity index (χ0v) is 9.73. The summed E-state index contributed by atoms with van der Waals surface area (Å²) in [5.74, 6) is 0.382. The second kappa shape index (κ2) is 6.42. The molecule has 0 saturated carbocycles. The summed E-state index contributed by atoms with van der Waals surface area (Å²) in [7, 11) is 0. The molecule has 0 N–H and O–H groups in total. The Labute approximate surface area is 83.5 Å². The Morgan fingerprint density at radius 3 is 1.62 bits per heavy atom. The van der Waals surface area contributed by atoms with Crippen LogP contribution in [-0.4, -0.2) is 5.60 Å². The molecule has 0 aromatic carbocycles. The molecule has 0 aromatic heterocycles. The topological polar surface area (TPSA) is 19.9 Å². The molecule has 0 unspecified atom stereocenters. The average Bonchev–Trinajstić information content (AvgIpc) is 2.02. The number of rotatable bonds is 7. The zero-order chi connectivity index (χ0) is 10.3. The second-order valence-corrected chi connectivity index (χ2v) is 4.58. The Balaban J connectivity index is 3.88. The van der Waals surface area contributed by atoms with E-state index in [2.05, 4.69) is 13.8 Å². The Hall–Kier alpha value is -0.0400. The average molecular weight is 185 g/mol. The minimum absolute atomic E-state index is 0.382. The Morgan fingerprint density at radius 2 is 1.38 bits per heavy atom. The maximum atomic E-state index is 11.8. The maximum Gasteiger partial charge on any atom is 0.101 e. The normalized spacial score (nSPS) is 12.5. The van der Waals surface area contributed by atoms with Crippen molar-refractivity contribution in [2.75, 3.05) is 0 Å². The van der Waals surface area contributed by atoms with Crippen molar-refractivity contribution in [3.63, 3.8) is 0 Å². The fraction of sp³-hybridized carbons (Fsp3) is 1.00. The van der Waals surface area contributed by atoms with Crippen molar-refractivity contribution in [1.82, 2.24) is 0 Å². The maximum absolute atomic E-state index is 11.8. The van der Waals surface area contributed by atoms with E-state index < -0.39 is 5.60 Å². The van der Waals surface area contributed by atoms with Crippen LogP contribution >= 0.6 is 0 Å². The molecular formula is C12H25O. The number of unbranched alkanes of at least 4 members (excludes halogenated alkanes) is 2. The Morgan fingerprint density at radius 1 is 1.00 bits per heavy atom. The van der Waals surface area contributed by atoms with Gasteiger partial charge in [0, 0.05) is 0 Å². The predicted octanol–water partition coefficient (Wildman–Crippen LogP) is 4.19. The van der Waals surface area contributed by atoms with E-state index in [1.54, 1.807) is 0 Å². The third kappa shape index (κ3) is 6.09. The number of hydrogen-bond acceptors (Lipinski definition) is 0. The van der Waals surface area contributed by atoms with Crippen LogP contribution in [0.1, 0.15) is 66.2 Å². The van der Waals surface area contributed by atoms with Gasteiger partial charge in [0.25, 0.3) is 0 Å². The van der Waals surface area contributed by atoms with Crippen molar-refractivity contribution in [2.45, 2.75) is 71.8 Å². The molecule has 1 nitrogen and oxygen atoms in total. The van der Waals surface area contributed by atoms with E-state index in [1.165, 1.54) is 25.7 Å². The van der Waals surface area contributed by atoms with Gasteiger partial charge in [-0.15, -0.1) is 0 Å². The lowest BCUT2D eigenvalue weighted by Crippen LogP contribution is -2.29.